The van der Waals surface area contributed by atoms with Crippen LogP contribution in [0.3, 0.4) is 0 Å². The van der Waals surface area contributed by atoms with E-state index >= 15 is 0 Å². The highest BCUT2D eigenvalue weighted by molar-refractivity contribution is 6.01. The van der Waals surface area contributed by atoms with E-state index in [0.717, 1.165) is 11.1 Å². The molecule has 2 aromatic carbocycles. The first-order valence-corrected chi connectivity index (χ1v) is 10.9. The first kappa shape index (κ1) is 21.8. The van der Waals surface area contributed by atoms with Gasteiger partial charge in [0.25, 0.3) is 5.91 Å². The molecule has 7 heteroatoms. The Morgan fingerprint density at radius 2 is 1.66 bits per heavy atom. The zero-order valence-corrected chi connectivity index (χ0v) is 18.2. The molecule has 0 spiro atoms. The molecule has 2 amide bonds. The van der Waals surface area contributed by atoms with Crippen LogP contribution >= 0.6 is 0 Å². The highest BCUT2D eigenvalue weighted by atomic mass is 16.3. The lowest BCUT2D eigenvalue weighted by molar-refractivity contribution is -0.133. The summed E-state index contributed by atoms with van der Waals surface area (Å²) in [4.78, 5) is 29.2. The average Bonchev–Trinajstić information content (AvgIpc) is 3.23. The number of carbonyl (C=O) groups is 2. The van der Waals surface area contributed by atoms with Crippen LogP contribution in [0.15, 0.2) is 66.9 Å². The topological polar surface area (TPSA) is 78.7 Å². The van der Waals surface area contributed by atoms with Gasteiger partial charge in [0.1, 0.15) is 5.69 Å². The fraction of sp³-hybridized carbons (Fsp3) is 0.320. The van der Waals surface area contributed by atoms with Crippen LogP contribution in [0.5, 0.6) is 0 Å². The number of aliphatic hydroxyl groups excluding tert-OH is 1. The van der Waals surface area contributed by atoms with Crippen molar-refractivity contribution in [2.75, 3.05) is 26.7 Å². The second-order valence-corrected chi connectivity index (χ2v) is 8.21. The Balaban J connectivity index is 1.55. The van der Waals surface area contributed by atoms with E-state index in [4.69, 9.17) is 5.10 Å². The lowest BCUT2D eigenvalue weighted by Gasteiger charge is -2.31. The van der Waals surface area contributed by atoms with Crippen molar-refractivity contribution in [2.45, 2.75) is 25.5 Å². The van der Waals surface area contributed by atoms with Gasteiger partial charge in [0, 0.05) is 31.9 Å². The van der Waals surface area contributed by atoms with Crippen molar-refractivity contribution in [3.8, 4) is 11.3 Å². The molecule has 1 aliphatic heterocycles. The van der Waals surface area contributed by atoms with Gasteiger partial charge in [0.2, 0.25) is 5.91 Å². The van der Waals surface area contributed by atoms with Gasteiger partial charge in [-0.1, -0.05) is 60.7 Å². The van der Waals surface area contributed by atoms with Gasteiger partial charge in [-0.05, 0) is 18.4 Å². The van der Waals surface area contributed by atoms with Crippen molar-refractivity contribution in [1.29, 1.82) is 0 Å². The van der Waals surface area contributed by atoms with Crippen LogP contribution in [-0.4, -0.2) is 69.3 Å². The van der Waals surface area contributed by atoms with Gasteiger partial charge >= 0.3 is 0 Å². The normalized spacial score (nSPS) is 14.4. The highest BCUT2D eigenvalue weighted by Gasteiger charge is 2.26. The van der Waals surface area contributed by atoms with Crippen LogP contribution in [0.4, 0.5) is 0 Å². The number of likely N-dealkylation sites (N-methyl/N-ethyl adjacent to an activating group) is 1. The lowest BCUT2D eigenvalue weighted by Crippen LogP contribution is -2.45. The number of rotatable bonds is 6. The number of hydrogen-bond acceptors (Lipinski definition) is 4. The molecule has 0 unspecified atom stereocenters. The molecule has 2 heterocycles. The van der Waals surface area contributed by atoms with Crippen LogP contribution in [-0.2, 0) is 11.3 Å². The van der Waals surface area contributed by atoms with E-state index < -0.39 is 0 Å². The maximum Gasteiger partial charge on any atom is 0.257 e. The number of carbonyl (C=O) groups excluding carboxylic acids is 2. The average molecular weight is 433 g/mol. The molecule has 32 heavy (non-hydrogen) atoms. The molecular formula is C25H28N4O3. The van der Waals surface area contributed by atoms with Gasteiger partial charge in [-0.25, -0.2) is 0 Å². The molecule has 1 N–H and O–H groups in total. The van der Waals surface area contributed by atoms with Crippen molar-refractivity contribution >= 4 is 11.8 Å². The summed E-state index contributed by atoms with van der Waals surface area (Å²) in [6.07, 6.45) is 2.57. The monoisotopic (exact) mass is 432 g/mol. The fourth-order valence-electron chi connectivity index (χ4n) is 3.93. The molecule has 1 saturated heterocycles. The molecule has 7 nitrogen and oxygen atoms in total. The number of nitrogens with zero attached hydrogens (tertiary/aromatic N) is 4. The van der Waals surface area contributed by atoms with E-state index in [9.17, 15) is 14.7 Å². The third-order valence-corrected chi connectivity index (χ3v) is 5.76. The first-order chi connectivity index (χ1) is 15.5. The summed E-state index contributed by atoms with van der Waals surface area (Å²) in [6.45, 7) is 1.58. The maximum absolute atomic E-state index is 13.3. The minimum atomic E-state index is -0.345. The smallest absolute Gasteiger partial charge is 0.257 e. The predicted molar refractivity (Wildman–Crippen MR) is 122 cm³/mol. The van der Waals surface area contributed by atoms with E-state index in [1.807, 2.05) is 60.7 Å². The number of likely N-dealkylation sites (tertiary alicyclic amines) is 1. The molecule has 0 atom stereocenters. The standard InChI is InChI=1S/C25H28N4O3/c1-27(18-23(31)28-14-12-21(30)13-15-28)25(32)22-17-29(16-19-8-4-2-5-9-19)26-24(22)20-10-6-3-7-11-20/h2-11,17,21,30H,12-16,18H2,1H3. The first-order valence-electron chi connectivity index (χ1n) is 10.9. The van der Waals surface area contributed by atoms with Crippen LogP contribution < -0.4 is 0 Å². The number of aliphatic hydroxyl groups is 1. The Morgan fingerprint density at radius 1 is 1.03 bits per heavy atom. The summed E-state index contributed by atoms with van der Waals surface area (Å²) >= 11 is 0. The number of piperidine rings is 1. The molecular weight excluding hydrogens is 404 g/mol. The quantitative estimate of drug-likeness (QED) is 0.650. The number of benzene rings is 2. The summed E-state index contributed by atoms with van der Waals surface area (Å²) in [5.41, 5.74) is 3.01. The van der Waals surface area contributed by atoms with Crippen molar-refractivity contribution in [1.82, 2.24) is 19.6 Å². The Bertz CT molecular complexity index is 1060. The summed E-state index contributed by atoms with van der Waals surface area (Å²) < 4.78 is 1.77. The highest BCUT2D eigenvalue weighted by Crippen LogP contribution is 2.24. The Kier molecular flexibility index (Phi) is 6.66. The lowest BCUT2D eigenvalue weighted by atomic mass is 10.1. The van der Waals surface area contributed by atoms with Crippen LogP contribution in [0.2, 0.25) is 0 Å². The molecule has 3 aromatic rings. The predicted octanol–water partition coefficient (Wildman–Crippen LogP) is 2.65. The van der Waals surface area contributed by atoms with E-state index in [2.05, 4.69) is 0 Å². The second-order valence-electron chi connectivity index (χ2n) is 8.21. The Labute approximate surface area is 187 Å². The maximum atomic E-state index is 13.3. The summed E-state index contributed by atoms with van der Waals surface area (Å²) in [6, 6.07) is 19.6. The Morgan fingerprint density at radius 3 is 2.31 bits per heavy atom. The van der Waals surface area contributed by atoms with Crippen LogP contribution in [0, 0.1) is 0 Å². The van der Waals surface area contributed by atoms with E-state index in [0.29, 0.717) is 43.7 Å². The van der Waals surface area contributed by atoms with Crippen LogP contribution in [0.1, 0.15) is 28.8 Å². The molecule has 0 aliphatic carbocycles. The van der Waals surface area contributed by atoms with Gasteiger partial charge in [0.05, 0.1) is 24.8 Å². The molecule has 1 aromatic heterocycles. The number of amides is 2. The zero-order chi connectivity index (χ0) is 22.5. The molecule has 1 aliphatic rings. The summed E-state index contributed by atoms with van der Waals surface area (Å²) in [7, 11) is 1.64. The third-order valence-electron chi connectivity index (χ3n) is 5.76. The number of hydrogen-bond donors (Lipinski definition) is 1. The molecule has 4 rings (SSSR count). The van der Waals surface area contributed by atoms with Gasteiger partial charge in [-0.15, -0.1) is 0 Å². The van der Waals surface area contributed by atoms with Crippen molar-refractivity contribution in [2.24, 2.45) is 0 Å². The molecule has 1 fully saturated rings. The largest absolute Gasteiger partial charge is 0.393 e. The van der Waals surface area contributed by atoms with Crippen molar-refractivity contribution in [3.05, 3.63) is 78.0 Å². The van der Waals surface area contributed by atoms with E-state index in [-0.39, 0.29) is 24.5 Å². The SMILES string of the molecule is CN(CC(=O)N1CCC(O)CC1)C(=O)c1cn(Cc2ccccc2)nc1-c1ccccc1. The zero-order valence-electron chi connectivity index (χ0n) is 18.2. The summed E-state index contributed by atoms with van der Waals surface area (Å²) in [5.74, 6) is -0.348. The van der Waals surface area contributed by atoms with E-state index in [1.165, 1.54) is 4.90 Å². The van der Waals surface area contributed by atoms with Crippen molar-refractivity contribution in [3.63, 3.8) is 0 Å². The number of aromatic nitrogens is 2. The second kappa shape index (κ2) is 9.78. The van der Waals surface area contributed by atoms with Crippen molar-refractivity contribution < 1.29 is 14.7 Å². The third kappa shape index (κ3) is 5.06. The van der Waals surface area contributed by atoms with E-state index in [1.54, 1.807) is 22.8 Å². The van der Waals surface area contributed by atoms with Gasteiger partial charge in [0.15, 0.2) is 0 Å². The Hall–Kier alpha value is -3.45. The molecule has 0 radical (unpaired) electrons. The minimum Gasteiger partial charge on any atom is -0.393 e. The summed E-state index contributed by atoms with van der Waals surface area (Å²) in [5, 5.41) is 14.4. The van der Waals surface area contributed by atoms with Gasteiger partial charge < -0.3 is 14.9 Å². The van der Waals surface area contributed by atoms with Gasteiger partial charge in [-0.2, -0.15) is 5.10 Å². The molecule has 0 bridgehead atoms. The molecule has 166 valence electrons. The van der Waals surface area contributed by atoms with Crippen LogP contribution in [0.25, 0.3) is 11.3 Å². The van der Waals surface area contributed by atoms with Gasteiger partial charge in [-0.3, -0.25) is 14.3 Å². The molecule has 0 saturated carbocycles. The fourth-order valence-corrected chi connectivity index (χ4v) is 3.93. The minimum absolute atomic E-state index is 0.00692.